The summed E-state index contributed by atoms with van der Waals surface area (Å²) in [7, 11) is -0.909. The van der Waals surface area contributed by atoms with E-state index in [1.54, 1.807) is 36.4 Å². The summed E-state index contributed by atoms with van der Waals surface area (Å²) in [5, 5.41) is 0. The minimum Gasteiger partial charge on any atom is -0.495 e. The lowest BCUT2D eigenvalue weighted by atomic mass is 10.1. The molecule has 4 rings (SSSR count). The third-order valence-corrected chi connectivity index (χ3v) is 8.20. The highest BCUT2D eigenvalue weighted by atomic mass is 35.5. The quantitative estimate of drug-likeness (QED) is 0.458. The van der Waals surface area contributed by atoms with E-state index in [1.165, 1.54) is 30.1 Å². The Labute approximate surface area is 219 Å². The number of hydrogen-bond donors (Lipinski definition) is 0. The number of piperazine rings is 1. The number of methoxy groups -OCH3 is 1. The van der Waals surface area contributed by atoms with E-state index in [0.717, 1.165) is 25.2 Å². The van der Waals surface area contributed by atoms with Crippen molar-refractivity contribution < 1.29 is 17.9 Å². The molecule has 1 amide bonds. The molecule has 0 bridgehead atoms. The highest BCUT2D eigenvalue weighted by Gasteiger charge is 2.28. The monoisotopic (exact) mass is 529 g/mol. The van der Waals surface area contributed by atoms with Crippen LogP contribution in [-0.2, 0) is 16.6 Å². The summed E-state index contributed by atoms with van der Waals surface area (Å²) in [6.45, 7) is 5.43. The molecule has 1 heterocycles. The summed E-state index contributed by atoms with van der Waals surface area (Å²) in [5.41, 5.74) is 2.84. The van der Waals surface area contributed by atoms with Crippen LogP contribution in [0.15, 0.2) is 77.7 Å². The van der Waals surface area contributed by atoms with Crippen LogP contribution >= 0.6 is 12.4 Å². The first kappa shape index (κ1) is 27.5. The molecule has 3 aromatic rings. The lowest BCUT2D eigenvalue weighted by molar-refractivity contribution is 0.0627. The van der Waals surface area contributed by atoms with Crippen molar-refractivity contribution in [3.63, 3.8) is 0 Å². The maximum Gasteiger partial charge on any atom is 0.264 e. The molecule has 192 valence electrons. The molecule has 36 heavy (non-hydrogen) atoms. The van der Waals surface area contributed by atoms with Crippen molar-refractivity contribution in [3.8, 4) is 5.75 Å². The van der Waals surface area contributed by atoms with E-state index in [0.29, 0.717) is 30.1 Å². The molecule has 0 aliphatic carbocycles. The van der Waals surface area contributed by atoms with Crippen LogP contribution in [0.25, 0.3) is 0 Å². The fraction of sp³-hybridized carbons (Fsp3) is 0.296. The Kier molecular flexibility index (Phi) is 9.00. The number of ether oxygens (including phenoxy) is 1. The summed E-state index contributed by atoms with van der Waals surface area (Å²) in [5.74, 6) is 0.314. The van der Waals surface area contributed by atoms with E-state index in [-0.39, 0.29) is 23.2 Å². The summed E-state index contributed by atoms with van der Waals surface area (Å²) >= 11 is 0. The van der Waals surface area contributed by atoms with Gasteiger partial charge in [-0.3, -0.25) is 14.0 Å². The van der Waals surface area contributed by atoms with Crippen LogP contribution in [0, 0.1) is 6.92 Å². The Morgan fingerprint density at radius 2 is 1.58 bits per heavy atom. The van der Waals surface area contributed by atoms with Crippen LogP contribution in [0.5, 0.6) is 5.75 Å². The van der Waals surface area contributed by atoms with Gasteiger partial charge in [0.05, 0.1) is 17.7 Å². The Bertz CT molecular complexity index is 1290. The molecule has 0 radical (unpaired) electrons. The van der Waals surface area contributed by atoms with E-state index >= 15 is 0 Å². The normalized spacial score (nSPS) is 14.1. The fourth-order valence-corrected chi connectivity index (χ4v) is 5.52. The molecular weight excluding hydrogens is 498 g/mol. The van der Waals surface area contributed by atoms with Gasteiger partial charge in [0.15, 0.2) is 0 Å². The molecule has 0 saturated carbocycles. The summed E-state index contributed by atoms with van der Waals surface area (Å²) in [6.07, 6.45) is 0. The van der Waals surface area contributed by atoms with Crippen molar-refractivity contribution in [1.82, 2.24) is 9.80 Å². The van der Waals surface area contributed by atoms with Gasteiger partial charge in [-0.2, -0.15) is 0 Å². The van der Waals surface area contributed by atoms with Crippen molar-refractivity contribution in [2.75, 3.05) is 44.6 Å². The Morgan fingerprint density at radius 1 is 0.944 bits per heavy atom. The summed E-state index contributed by atoms with van der Waals surface area (Å²) in [4.78, 5) is 17.6. The number of nitrogens with zero attached hydrogens (tertiary/aromatic N) is 3. The number of amides is 1. The molecule has 0 atom stereocenters. The minimum atomic E-state index is -3.90. The molecular formula is C27H32ClN3O4S. The van der Waals surface area contributed by atoms with Crippen molar-refractivity contribution >= 4 is 34.0 Å². The highest BCUT2D eigenvalue weighted by Crippen LogP contribution is 2.31. The highest BCUT2D eigenvalue weighted by molar-refractivity contribution is 7.92. The molecule has 7 nitrogen and oxygen atoms in total. The second-order valence-electron chi connectivity index (χ2n) is 8.68. The molecule has 0 unspecified atom stereocenters. The largest absolute Gasteiger partial charge is 0.495 e. The van der Waals surface area contributed by atoms with Gasteiger partial charge < -0.3 is 9.64 Å². The van der Waals surface area contributed by atoms with Gasteiger partial charge in [-0.1, -0.05) is 48.5 Å². The molecule has 3 aromatic carbocycles. The zero-order valence-electron chi connectivity index (χ0n) is 20.8. The standard InChI is InChI=1S/C27H31N3O4S.ClH/c1-21-13-14-23(35(32,33)28(2)25-11-7-8-12-26(25)34-3)19-24(21)27(31)30-17-15-29(16-18-30)20-22-9-5-4-6-10-22;/h4-14,19H,15-18,20H2,1-3H3;1H. The molecule has 0 N–H and O–H groups in total. The van der Waals surface area contributed by atoms with Gasteiger partial charge in [-0.15, -0.1) is 12.4 Å². The number of halogens is 1. The van der Waals surface area contributed by atoms with Crippen LogP contribution in [0.4, 0.5) is 5.69 Å². The van der Waals surface area contributed by atoms with Crippen molar-refractivity contribution in [2.45, 2.75) is 18.4 Å². The second kappa shape index (κ2) is 11.8. The molecule has 1 fully saturated rings. The predicted molar refractivity (Wildman–Crippen MR) is 145 cm³/mol. The van der Waals surface area contributed by atoms with Gasteiger partial charge in [0.1, 0.15) is 5.75 Å². The van der Waals surface area contributed by atoms with Crippen LogP contribution in [0.2, 0.25) is 0 Å². The number of rotatable bonds is 7. The number of benzene rings is 3. The molecule has 1 aliphatic rings. The lowest BCUT2D eigenvalue weighted by Crippen LogP contribution is -2.48. The van der Waals surface area contributed by atoms with Gasteiger partial charge in [0.25, 0.3) is 15.9 Å². The number of para-hydroxylation sites is 2. The lowest BCUT2D eigenvalue weighted by Gasteiger charge is -2.35. The van der Waals surface area contributed by atoms with E-state index in [1.807, 2.05) is 30.0 Å². The average molecular weight is 530 g/mol. The van der Waals surface area contributed by atoms with E-state index in [2.05, 4.69) is 17.0 Å². The summed E-state index contributed by atoms with van der Waals surface area (Å²) < 4.78 is 33.4. The second-order valence-corrected chi connectivity index (χ2v) is 10.6. The molecule has 1 aliphatic heterocycles. The number of carbonyl (C=O) groups excluding carboxylic acids is 1. The SMILES string of the molecule is COc1ccccc1N(C)S(=O)(=O)c1ccc(C)c(C(=O)N2CCN(Cc3ccccc3)CC2)c1.Cl. The third-order valence-electron chi connectivity index (χ3n) is 6.43. The molecule has 9 heteroatoms. The van der Waals surface area contributed by atoms with Gasteiger partial charge in [-0.25, -0.2) is 8.42 Å². The third kappa shape index (κ3) is 5.83. The molecule has 1 saturated heterocycles. The Morgan fingerprint density at radius 3 is 2.25 bits per heavy atom. The zero-order valence-corrected chi connectivity index (χ0v) is 22.4. The van der Waals surface area contributed by atoms with Crippen molar-refractivity contribution in [1.29, 1.82) is 0 Å². The predicted octanol–water partition coefficient (Wildman–Crippen LogP) is 4.21. The number of hydrogen-bond acceptors (Lipinski definition) is 5. The van der Waals surface area contributed by atoms with E-state index in [9.17, 15) is 13.2 Å². The van der Waals surface area contributed by atoms with Crippen molar-refractivity contribution in [2.24, 2.45) is 0 Å². The number of carbonyl (C=O) groups is 1. The zero-order chi connectivity index (χ0) is 25.0. The average Bonchev–Trinajstić information content (AvgIpc) is 2.89. The first-order valence-electron chi connectivity index (χ1n) is 11.6. The van der Waals surface area contributed by atoms with Gasteiger partial charge in [0.2, 0.25) is 0 Å². The maximum absolute atomic E-state index is 13.4. The fourth-order valence-electron chi connectivity index (χ4n) is 4.29. The Balaban J connectivity index is 0.00000361. The first-order chi connectivity index (χ1) is 16.8. The van der Waals surface area contributed by atoms with Crippen LogP contribution in [-0.4, -0.2) is 64.5 Å². The first-order valence-corrected chi connectivity index (χ1v) is 13.0. The number of aryl methyl sites for hydroxylation is 1. The van der Waals surface area contributed by atoms with E-state index < -0.39 is 10.0 Å². The smallest absolute Gasteiger partial charge is 0.264 e. The van der Waals surface area contributed by atoms with Gasteiger partial charge in [0, 0.05) is 45.3 Å². The van der Waals surface area contributed by atoms with Crippen LogP contribution in [0.3, 0.4) is 0 Å². The maximum atomic E-state index is 13.4. The van der Waals surface area contributed by atoms with Crippen LogP contribution in [0.1, 0.15) is 21.5 Å². The van der Waals surface area contributed by atoms with Gasteiger partial charge >= 0.3 is 0 Å². The molecule has 0 aromatic heterocycles. The van der Waals surface area contributed by atoms with Gasteiger partial charge in [-0.05, 0) is 42.3 Å². The topological polar surface area (TPSA) is 70.2 Å². The minimum absolute atomic E-state index is 0. The van der Waals surface area contributed by atoms with Crippen molar-refractivity contribution in [3.05, 3.63) is 89.5 Å². The van der Waals surface area contributed by atoms with E-state index in [4.69, 9.17) is 4.74 Å². The number of anilines is 1. The summed E-state index contributed by atoms with van der Waals surface area (Å²) in [6, 6.07) is 22.0. The molecule has 0 spiro atoms. The number of sulfonamides is 1. The Hall–Kier alpha value is -3.07. The van der Waals surface area contributed by atoms with Crippen LogP contribution < -0.4 is 9.04 Å².